The Kier molecular flexibility index (Phi) is 4.47. The summed E-state index contributed by atoms with van der Waals surface area (Å²) in [7, 11) is 0. The van der Waals surface area contributed by atoms with Gasteiger partial charge in [0.1, 0.15) is 0 Å². The van der Waals surface area contributed by atoms with Crippen LogP contribution in [0, 0.1) is 0 Å². The van der Waals surface area contributed by atoms with Crippen LogP contribution in [0.15, 0.2) is 22.7 Å². The van der Waals surface area contributed by atoms with Gasteiger partial charge in [-0.1, -0.05) is 6.07 Å². The minimum absolute atomic E-state index is 0.0380. The van der Waals surface area contributed by atoms with Gasteiger partial charge >= 0.3 is 0 Å². The Morgan fingerprint density at radius 3 is 2.89 bits per heavy atom. The number of carbonyl (C=O) groups is 1. The maximum Gasteiger partial charge on any atom is 0.217 e. The van der Waals surface area contributed by atoms with Crippen LogP contribution in [0.5, 0.6) is 0 Å². The van der Waals surface area contributed by atoms with Crippen molar-refractivity contribution in [3.63, 3.8) is 0 Å². The van der Waals surface area contributed by atoms with E-state index in [4.69, 9.17) is 5.73 Å². The molecule has 2 rings (SSSR count). The van der Waals surface area contributed by atoms with Crippen molar-refractivity contribution in [3.05, 3.63) is 28.2 Å². The van der Waals surface area contributed by atoms with Gasteiger partial charge in [-0.05, 0) is 47.0 Å². The van der Waals surface area contributed by atoms with Crippen molar-refractivity contribution in [3.8, 4) is 0 Å². The zero-order chi connectivity index (χ0) is 14.0. The van der Waals surface area contributed by atoms with E-state index in [1.807, 2.05) is 6.92 Å². The molecule has 1 heterocycles. The van der Waals surface area contributed by atoms with E-state index in [1.165, 1.54) is 0 Å². The third-order valence-corrected chi connectivity index (χ3v) is 4.07. The van der Waals surface area contributed by atoms with Gasteiger partial charge < -0.3 is 16.0 Å². The van der Waals surface area contributed by atoms with Crippen LogP contribution in [0.2, 0.25) is 0 Å². The highest BCUT2D eigenvalue weighted by atomic mass is 79.9. The Bertz CT molecular complexity index is 476. The monoisotopic (exact) mass is 325 g/mol. The summed E-state index contributed by atoms with van der Waals surface area (Å²) in [5.74, 6) is 0.0400. The molecule has 0 radical (unpaired) electrons. The fourth-order valence-corrected chi connectivity index (χ4v) is 3.09. The summed E-state index contributed by atoms with van der Waals surface area (Å²) in [5.41, 5.74) is 8.16. The van der Waals surface area contributed by atoms with Gasteiger partial charge in [0.05, 0.1) is 5.69 Å². The van der Waals surface area contributed by atoms with E-state index < -0.39 is 0 Å². The Labute approximate surface area is 122 Å². The molecule has 19 heavy (non-hydrogen) atoms. The van der Waals surface area contributed by atoms with Crippen molar-refractivity contribution >= 4 is 27.5 Å². The van der Waals surface area contributed by atoms with E-state index in [-0.39, 0.29) is 18.0 Å². The maximum absolute atomic E-state index is 11.1. The molecule has 1 aromatic rings. The highest BCUT2D eigenvalue weighted by Gasteiger charge is 2.24. The SMILES string of the molecule is CC(=O)NC1CCN(c2ccc(C(C)N)cc2Br)C1. The third-order valence-electron chi connectivity index (χ3n) is 3.43. The number of nitrogens with zero attached hydrogens (tertiary/aromatic N) is 1. The van der Waals surface area contributed by atoms with Crippen molar-refractivity contribution < 1.29 is 4.79 Å². The first-order valence-corrected chi connectivity index (χ1v) is 7.33. The van der Waals surface area contributed by atoms with E-state index in [0.29, 0.717) is 0 Å². The van der Waals surface area contributed by atoms with Crippen molar-refractivity contribution in [2.45, 2.75) is 32.4 Å². The minimum atomic E-state index is 0.0380. The summed E-state index contributed by atoms with van der Waals surface area (Å²) in [5, 5.41) is 2.97. The molecule has 0 spiro atoms. The number of nitrogens with one attached hydrogen (secondary N) is 1. The number of rotatable bonds is 3. The zero-order valence-corrected chi connectivity index (χ0v) is 12.9. The van der Waals surface area contributed by atoms with E-state index >= 15 is 0 Å². The largest absolute Gasteiger partial charge is 0.368 e. The Hall–Kier alpha value is -1.07. The van der Waals surface area contributed by atoms with Gasteiger partial charge in [0.25, 0.3) is 0 Å². The quantitative estimate of drug-likeness (QED) is 0.895. The molecule has 4 nitrogen and oxygen atoms in total. The molecular formula is C14H20BrN3O. The maximum atomic E-state index is 11.1. The summed E-state index contributed by atoms with van der Waals surface area (Å²) in [4.78, 5) is 13.4. The summed E-state index contributed by atoms with van der Waals surface area (Å²) in [6, 6.07) is 6.52. The van der Waals surface area contributed by atoms with E-state index in [9.17, 15) is 4.79 Å². The molecule has 1 fully saturated rings. The molecule has 0 bridgehead atoms. The van der Waals surface area contributed by atoms with Gasteiger partial charge in [0.15, 0.2) is 0 Å². The van der Waals surface area contributed by atoms with Crippen molar-refractivity contribution in [1.29, 1.82) is 0 Å². The molecule has 0 saturated carbocycles. The first kappa shape index (κ1) is 14.3. The van der Waals surface area contributed by atoms with Gasteiger partial charge in [-0.15, -0.1) is 0 Å². The topological polar surface area (TPSA) is 58.4 Å². The Balaban J connectivity index is 2.09. The van der Waals surface area contributed by atoms with Gasteiger partial charge in [-0.25, -0.2) is 0 Å². The van der Waals surface area contributed by atoms with Crippen LogP contribution in [0.3, 0.4) is 0 Å². The van der Waals surface area contributed by atoms with E-state index in [1.54, 1.807) is 6.92 Å². The molecule has 5 heteroatoms. The number of benzene rings is 1. The van der Waals surface area contributed by atoms with Crippen LogP contribution in [0.1, 0.15) is 31.9 Å². The molecule has 104 valence electrons. The fourth-order valence-electron chi connectivity index (χ4n) is 2.45. The van der Waals surface area contributed by atoms with E-state index in [0.717, 1.165) is 35.2 Å². The molecule has 0 aromatic heterocycles. The normalized spacial score (nSPS) is 20.4. The van der Waals surface area contributed by atoms with Gasteiger partial charge in [0, 0.05) is 36.6 Å². The number of hydrogen-bond donors (Lipinski definition) is 2. The first-order valence-electron chi connectivity index (χ1n) is 6.54. The molecule has 1 saturated heterocycles. The third kappa shape index (κ3) is 3.48. The van der Waals surface area contributed by atoms with Crippen LogP contribution in [-0.2, 0) is 4.79 Å². The Morgan fingerprint density at radius 1 is 1.58 bits per heavy atom. The van der Waals surface area contributed by atoms with Crippen LogP contribution < -0.4 is 16.0 Å². The summed E-state index contributed by atoms with van der Waals surface area (Å²) >= 11 is 3.61. The average Bonchev–Trinajstić information content (AvgIpc) is 2.76. The number of halogens is 1. The first-order chi connectivity index (χ1) is 8.97. The second-order valence-electron chi connectivity index (χ2n) is 5.13. The lowest BCUT2D eigenvalue weighted by Crippen LogP contribution is -2.35. The average molecular weight is 326 g/mol. The summed E-state index contributed by atoms with van der Waals surface area (Å²) in [6.45, 7) is 5.36. The number of amides is 1. The number of anilines is 1. The predicted molar refractivity (Wildman–Crippen MR) is 81.2 cm³/mol. The predicted octanol–water partition coefficient (Wildman–Crippen LogP) is 2.18. The van der Waals surface area contributed by atoms with Crippen molar-refractivity contribution in [1.82, 2.24) is 5.32 Å². The van der Waals surface area contributed by atoms with Crippen molar-refractivity contribution in [2.24, 2.45) is 5.73 Å². The van der Waals surface area contributed by atoms with Crippen LogP contribution in [-0.4, -0.2) is 25.0 Å². The summed E-state index contributed by atoms with van der Waals surface area (Å²) in [6.07, 6.45) is 0.987. The highest BCUT2D eigenvalue weighted by Crippen LogP contribution is 2.31. The van der Waals surface area contributed by atoms with E-state index in [2.05, 4.69) is 44.3 Å². The van der Waals surface area contributed by atoms with Crippen LogP contribution in [0.25, 0.3) is 0 Å². The number of carbonyl (C=O) groups excluding carboxylic acids is 1. The molecule has 1 amide bonds. The smallest absolute Gasteiger partial charge is 0.217 e. The van der Waals surface area contributed by atoms with Crippen molar-refractivity contribution in [2.75, 3.05) is 18.0 Å². The molecular weight excluding hydrogens is 306 g/mol. The minimum Gasteiger partial charge on any atom is -0.368 e. The van der Waals surface area contributed by atoms with Crippen LogP contribution >= 0.6 is 15.9 Å². The second-order valence-corrected chi connectivity index (χ2v) is 5.99. The zero-order valence-electron chi connectivity index (χ0n) is 11.3. The Morgan fingerprint density at radius 2 is 2.32 bits per heavy atom. The summed E-state index contributed by atoms with van der Waals surface area (Å²) < 4.78 is 1.06. The highest BCUT2D eigenvalue weighted by molar-refractivity contribution is 9.10. The lowest BCUT2D eigenvalue weighted by atomic mass is 10.1. The molecule has 3 N–H and O–H groups in total. The molecule has 1 aliphatic heterocycles. The number of nitrogens with two attached hydrogens (primary N) is 1. The molecule has 2 atom stereocenters. The molecule has 1 aromatic carbocycles. The molecule has 0 aliphatic carbocycles. The standard InChI is InChI=1S/C14H20BrN3O/c1-9(16)11-3-4-14(13(15)7-11)18-6-5-12(8-18)17-10(2)19/h3-4,7,9,12H,5-6,8,16H2,1-2H3,(H,17,19). The molecule has 2 unspecified atom stereocenters. The van der Waals surface area contributed by atoms with Gasteiger partial charge in [-0.2, -0.15) is 0 Å². The lowest BCUT2D eigenvalue weighted by molar-refractivity contribution is -0.119. The van der Waals surface area contributed by atoms with Gasteiger partial charge in [0.2, 0.25) is 5.91 Å². The lowest BCUT2D eigenvalue weighted by Gasteiger charge is -2.21. The number of hydrogen-bond acceptors (Lipinski definition) is 3. The second kappa shape index (κ2) is 5.92. The molecule has 1 aliphatic rings. The fraction of sp³-hybridized carbons (Fsp3) is 0.500. The van der Waals surface area contributed by atoms with Gasteiger partial charge in [-0.3, -0.25) is 4.79 Å². The van der Waals surface area contributed by atoms with Crippen LogP contribution in [0.4, 0.5) is 5.69 Å².